The van der Waals surface area contributed by atoms with Crippen LogP contribution in [0.2, 0.25) is 5.02 Å². The first kappa shape index (κ1) is 23.6. The Kier molecular flexibility index (Phi) is 7.33. The van der Waals surface area contributed by atoms with Crippen LogP contribution in [0.1, 0.15) is 42.0 Å². The SMILES string of the molecule is COc1cc(/C=C2\N=C(c3ccc(C(C)C)cc3)OC2=O)cc(Cl)c1OCCc1ccccc1. The zero-order chi connectivity index (χ0) is 24.1. The van der Waals surface area contributed by atoms with Crippen molar-refractivity contribution in [1.29, 1.82) is 0 Å². The van der Waals surface area contributed by atoms with E-state index in [1.807, 2.05) is 54.6 Å². The lowest BCUT2D eigenvalue weighted by molar-refractivity contribution is -0.129. The molecular weight excluding hydrogens is 450 g/mol. The van der Waals surface area contributed by atoms with Crippen LogP contribution in [-0.2, 0) is 16.0 Å². The molecule has 6 heteroatoms. The molecule has 0 N–H and O–H groups in total. The molecule has 0 saturated carbocycles. The predicted octanol–water partition coefficient (Wildman–Crippen LogP) is 6.44. The van der Waals surface area contributed by atoms with E-state index in [4.69, 9.17) is 25.8 Å². The van der Waals surface area contributed by atoms with E-state index in [1.165, 1.54) is 11.1 Å². The molecule has 174 valence electrons. The van der Waals surface area contributed by atoms with Crippen molar-refractivity contribution in [3.05, 3.63) is 99.7 Å². The molecule has 0 bridgehead atoms. The smallest absolute Gasteiger partial charge is 0.363 e. The summed E-state index contributed by atoms with van der Waals surface area (Å²) in [6, 6.07) is 21.4. The highest BCUT2D eigenvalue weighted by Gasteiger charge is 2.24. The molecule has 0 aromatic heterocycles. The van der Waals surface area contributed by atoms with E-state index in [0.29, 0.717) is 34.6 Å². The first-order valence-corrected chi connectivity index (χ1v) is 11.5. The lowest BCUT2D eigenvalue weighted by Crippen LogP contribution is -2.05. The van der Waals surface area contributed by atoms with Crippen LogP contribution >= 0.6 is 11.6 Å². The van der Waals surface area contributed by atoms with Crippen LogP contribution in [-0.4, -0.2) is 25.6 Å². The summed E-state index contributed by atoms with van der Waals surface area (Å²) in [7, 11) is 1.55. The number of esters is 1. The fourth-order valence-corrected chi connectivity index (χ4v) is 3.85. The molecular formula is C28H26ClNO4. The van der Waals surface area contributed by atoms with Gasteiger partial charge in [0.2, 0.25) is 5.90 Å². The highest BCUT2D eigenvalue weighted by atomic mass is 35.5. The summed E-state index contributed by atoms with van der Waals surface area (Å²) in [5, 5.41) is 0.388. The summed E-state index contributed by atoms with van der Waals surface area (Å²) in [5.41, 5.74) is 3.98. The third-order valence-corrected chi connectivity index (χ3v) is 5.76. The van der Waals surface area contributed by atoms with Gasteiger partial charge in [-0.2, -0.15) is 0 Å². The fraction of sp³-hybridized carbons (Fsp3) is 0.214. The van der Waals surface area contributed by atoms with Gasteiger partial charge in [0.1, 0.15) is 0 Å². The quantitative estimate of drug-likeness (QED) is 0.278. The van der Waals surface area contributed by atoms with Gasteiger partial charge in [-0.25, -0.2) is 9.79 Å². The maximum Gasteiger partial charge on any atom is 0.363 e. The van der Waals surface area contributed by atoms with Crippen LogP contribution < -0.4 is 9.47 Å². The number of ether oxygens (including phenoxy) is 3. The minimum atomic E-state index is -0.513. The fourth-order valence-electron chi connectivity index (χ4n) is 3.58. The molecule has 4 rings (SSSR count). The van der Waals surface area contributed by atoms with Crippen molar-refractivity contribution in [3.63, 3.8) is 0 Å². The van der Waals surface area contributed by atoms with Crippen LogP contribution in [0.3, 0.4) is 0 Å². The van der Waals surface area contributed by atoms with Gasteiger partial charge in [-0.05, 0) is 52.9 Å². The number of hydrogen-bond donors (Lipinski definition) is 0. The Bertz CT molecular complexity index is 1230. The Labute approximate surface area is 204 Å². The van der Waals surface area contributed by atoms with Gasteiger partial charge < -0.3 is 14.2 Å². The molecule has 3 aromatic carbocycles. The van der Waals surface area contributed by atoms with E-state index in [-0.39, 0.29) is 11.6 Å². The van der Waals surface area contributed by atoms with Crippen LogP contribution in [0.25, 0.3) is 6.08 Å². The molecule has 0 saturated heterocycles. The number of benzene rings is 3. The van der Waals surface area contributed by atoms with Crippen LogP contribution in [0.5, 0.6) is 11.5 Å². The topological polar surface area (TPSA) is 57.1 Å². The van der Waals surface area contributed by atoms with Crippen LogP contribution in [0.15, 0.2) is 77.4 Å². The van der Waals surface area contributed by atoms with Gasteiger partial charge in [0, 0.05) is 12.0 Å². The maximum absolute atomic E-state index is 12.4. The zero-order valence-electron chi connectivity index (χ0n) is 19.4. The molecule has 0 fully saturated rings. The summed E-state index contributed by atoms with van der Waals surface area (Å²) in [6.45, 7) is 4.71. The molecule has 1 aliphatic rings. The Morgan fingerprint density at radius 1 is 1.06 bits per heavy atom. The summed E-state index contributed by atoms with van der Waals surface area (Å²) < 4.78 is 16.8. The van der Waals surface area contributed by atoms with Gasteiger partial charge >= 0.3 is 5.97 Å². The number of aliphatic imine (C=N–C) groups is 1. The molecule has 0 radical (unpaired) electrons. The Balaban J connectivity index is 1.52. The van der Waals surface area contributed by atoms with Crippen molar-refractivity contribution in [2.75, 3.05) is 13.7 Å². The molecule has 1 heterocycles. The molecule has 34 heavy (non-hydrogen) atoms. The number of rotatable bonds is 8. The summed E-state index contributed by atoms with van der Waals surface area (Å²) in [4.78, 5) is 16.8. The maximum atomic E-state index is 12.4. The normalized spacial score (nSPS) is 14.3. The van der Waals surface area contributed by atoms with Gasteiger partial charge in [-0.3, -0.25) is 0 Å². The van der Waals surface area contributed by atoms with Gasteiger partial charge in [0.15, 0.2) is 17.2 Å². The number of hydrogen-bond acceptors (Lipinski definition) is 5. The minimum absolute atomic E-state index is 0.193. The first-order chi connectivity index (χ1) is 16.4. The van der Waals surface area contributed by atoms with E-state index in [9.17, 15) is 4.79 Å². The van der Waals surface area contributed by atoms with E-state index < -0.39 is 5.97 Å². The molecule has 0 atom stereocenters. The molecule has 0 aliphatic carbocycles. The van der Waals surface area contributed by atoms with Crippen molar-refractivity contribution < 1.29 is 19.0 Å². The molecule has 0 amide bonds. The second-order valence-corrected chi connectivity index (χ2v) is 8.64. The first-order valence-electron chi connectivity index (χ1n) is 11.1. The highest BCUT2D eigenvalue weighted by Crippen LogP contribution is 2.37. The van der Waals surface area contributed by atoms with E-state index in [2.05, 4.69) is 18.8 Å². The van der Waals surface area contributed by atoms with Crippen LogP contribution in [0, 0.1) is 0 Å². The second-order valence-electron chi connectivity index (χ2n) is 8.23. The third-order valence-electron chi connectivity index (χ3n) is 5.48. The van der Waals surface area contributed by atoms with Crippen molar-refractivity contribution >= 4 is 29.5 Å². The number of carbonyl (C=O) groups is 1. The molecule has 3 aromatic rings. The average molecular weight is 476 g/mol. The monoisotopic (exact) mass is 475 g/mol. The summed E-state index contributed by atoms with van der Waals surface area (Å²) >= 11 is 6.50. The van der Waals surface area contributed by atoms with E-state index in [0.717, 1.165) is 12.0 Å². The van der Waals surface area contributed by atoms with E-state index >= 15 is 0 Å². The largest absolute Gasteiger partial charge is 0.493 e. The average Bonchev–Trinajstić information content (AvgIpc) is 3.20. The van der Waals surface area contributed by atoms with Gasteiger partial charge in [0.05, 0.1) is 18.7 Å². The lowest BCUT2D eigenvalue weighted by atomic mass is 10.0. The van der Waals surface area contributed by atoms with Crippen molar-refractivity contribution in [2.45, 2.75) is 26.2 Å². The van der Waals surface area contributed by atoms with E-state index in [1.54, 1.807) is 25.3 Å². The van der Waals surface area contributed by atoms with Gasteiger partial charge in [0.25, 0.3) is 0 Å². The highest BCUT2D eigenvalue weighted by molar-refractivity contribution is 6.32. The third kappa shape index (κ3) is 5.49. The Morgan fingerprint density at radius 2 is 1.79 bits per heavy atom. The van der Waals surface area contributed by atoms with Gasteiger partial charge in [-0.1, -0.05) is 67.9 Å². The van der Waals surface area contributed by atoms with Crippen molar-refractivity contribution in [2.24, 2.45) is 4.99 Å². The molecule has 0 spiro atoms. The van der Waals surface area contributed by atoms with Crippen LogP contribution in [0.4, 0.5) is 0 Å². The molecule has 0 unspecified atom stereocenters. The standard InChI is InChI=1S/C28H26ClNO4/c1-18(2)21-9-11-22(12-10-21)27-30-24(28(31)34-27)16-20-15-23(29)26(25(17-20)32-3)33-14-13-19-7-5-4-6-8-19/h4-12,15-18H,13-14H2,1-3H3/b24-16-. The number of cyclic esters (lactones) is 1. The van der Waals surface area contributed by atoms with Crippen molar-refractivity contribution in [1.82, 2.24) is 0 Å². The van der Waals surface area contributed by atoms with Crippen molar-refractivity contribution in [3.8, 4) is 11.5 Å². The number of methoxy groups -OCH3 is 1. The lowest BCUT2D eigenvalue weighted by Gasteiger charge is -2.13. The predicted molar refractivity (Wildman–Crippen MR) is 135 cm³/mol. The summed E-state index contributed by atoms with van der Waals surface area (Å²) in [6.07, 6.45) is 2.37. The number of halogens is 1. The molecule has 1 aliphatic heterocycles. The van der Waals surface area contributed by atoms with Gasteiger partial charge in [-0.15, -0.1) is 0 Å². The zero-order valence-corrected chi connectivity index (χ0v) is 20.1. The Morgan fingerprint density at radius 3 is 2.47 bits per heavy atom. The Hall–Kier alpha value is -3.57. The summed E-state index contributed by atoms with van der Waals surface area (Å²) in [5.74, 6) is 1.13. The number of carbonyl (C=O) groups excluding carboxylic acids is 1. The minimum Gasteiger partial charge on any atom is -0.493 e. The molecule has 5 nitrogen and oxygen atoms in total. The second kappa shape index (κ2) is 10.6. The number of nitrogens with zero attached hydrogens (tertiary/aromatic N) is 1.